The summed E-state index contributed by atoms with van der Waals surface area (Å²) >= 11 is 1.81. The fourth-order valence-corrected chi connectivity index (χ4v) is 2.78. The van der Waals surface area contributed by atoms with Crippen LogP contribution in [0.25, 0.3) is 0 Å². The molecule has 0 bridgehead atoms. The van der Waals surface area contributed by atoms with Gasteiger partial charge < -0.3 is 10.4 Å². The lowest BCUT2D eigenvalue weighted by Gasteiger charge is -2.35. The second-order valence-corrected chi connectivity index (χ2v) is 4.95. The molecule has 15 heavy (non-hydrogen) atoms. The zero-order valence-corrected chi connectivity index (χ0v) is 9.67. The van der Waals surface area contributed by atoms with Gasteiger partial charge in [-0.1, -0.05) is 6.07 Å². The predicted octanol–water partition coefficient (Wildman–Crippen LogP) is 0.904. The molecule has 0 spiro atoms. The molecular weight excluding hydrogens is 208 g/mol. The number of piperazine rings is 1. The zero-order valence-electron chi connectivity index (χ0n) is 8.85. The number of aliphatic hydroxyl groups is 1. The molecule has 1 saturated heterocycles. The molecule has 0 saturated carbocycles. The van der Waals surface area contributed by atoms with Crippen molar-refractivity contribution in [3.63, 3.8) is 0 Å². The lowest BCUT2D eigenvalue weighted by molar-refractivity contribution is 0.125. The lowest BCUT2D eigenvalue weighted by Crippen LogP contribution is -2.50. The van der Waals surface area contributed by atoms with E-state index in [1.165, 1.54) is 4.88 Å². The molecular formula is C11H18N2OS. The number of thiophene rings is 1. The van der Waals surface area contributed by atoms with Crippen molar-refractivity contribution in [1.82, 2.24) is 10.2 Å². The van der Waals surface area contributed by atoms with Crippen LogP contribution >= 0.6 is 11.3 Å². The summed E-state index contributed by atoms with van der Waals surface area (Å²) in [5.74, 6) is 0. The first-order valence-corrected chi connectivity index (χ1v) is 6.36. The minimum atomic E-state index is 0.285. The van der Waals surface area contributed by atoms with E-state index >= 15 is 0 Å². The van der Waals surface area contributed by atoms with Gasteiger partial charge in [0, 0.05) is 43.7 Å². The smallest absolute Gasteiger partial charge is 0.0446 e. The van der Waals surface area contributed by atoms with Gasteiger partial charge >= 0.3 is 0 Å². The minimum Gasteiger partial charge on any atom is -0.396 e. The van der Waals surface area contributed by atoms with Gasteiger partial charge in [0.15, 0.2) is 0 Å². The summed E-state index contributed by atoms with van der Waals surface area (Å²) in [5.41, 5.74) is 0. The van der Waals surface area contributed by atoms with Crippen LogP contribution in [0.15, 0.2) is 17.5 Å². The number of nitrogens with zero attached hydrogens (tertiary/aromatic N) is 1. The molecule has 0 aromatic carbocycles. The quantitative estimate of drug-likeness (QED) is 0.801. The van der Waals surface area contributed by atoms with Crippen molar-refractivity contribution in [2.24, 2.45) is 0 Å². The van der Waals surface area contributed by atoms with E-state index in [9.17, 15) is 0 Å². The Labute approximate surface area is 94.7 Å². The maximum absolute atomic E-state index is 9.01. The Morgan fingerprint density at radius 3 is 3.27 bits per heavy atom. The summed E-state index contributed by atoms with van der Waals surface area (Å²) in [4.78, 5) is 3.89. The van der Waals surface area contributed by atoms with E-state index in [0.29, 0.717) is 6.04 Å². The molecule has 1 atom stereocenters. The van der Waals surface area contributed by atoms with E-state index in [1.807, 2.05) is 11.3 Å². The molecule has 0 amide bonds. The Bertz CT molecular complexity index is 274. The van der Waals surface area contributed by atoms with Crippen molar-refractivity contribution < 1.29 is 5.11 Å². The van der Waals surface area contributed by atoms with Gasteiger partial charge in [-0.25, -0.2) is 0 Å². The van der Waals surface area contributed by atoms with Gasteiger partial charge in [0.25, 0.3) is 0 Å². The lowest BCUT2D eigenvalue weighted by atomic mass is 10.1. The van der Waals surface area contributed by atoms with Crippen molar-refractivity contribution in [1.29, 1.82) is 0 Å². The monoisotopic (exact) mass is 226 g/mol. The van der Waals surface area contributed by atoms with Crippen molar-refractivity contribution in [3.8, 4) is 0 Å². The van der Waals surface area contributed by atoms with Gasteiger partial charge in [0.2, 0.25) is 0 Å². The van der Waals surface area contributed by atoms with E-state index in [0.717, 1.165) is 32.6 Å². The van der Waals surface area contributed by atoms with Crippen molar-refractivity contribution in [2.75, 3.05) is 26.2 Å². The van der Waals surface area contributed by atoms with Crippen molar-refractivity contribution in [3.05, 3.63) is 22.4 Å². The Balaban J connectivity index is 1.92. The highest BCUT2D eigenvalue weighted by molar-refractivity contribution is 7.09. The Kier molecular flexibility index (Phi) is 4.14. The SMILES string of the molecule is OCCC1CNCCN1Cc1cccs1. The highest BCUT2D eigenvalue weighted by Gasteiger charge is 2.21. The molecule has 1 fully saturated rings. The number of rotatable bonds is 4. The largest absolute Gasteiger partial charge is 0.396 e. The summed E-state index contributed by atoms with van der Waals surface area (Å²) < 4.78 is 0. The maximum Gasteiger partial charge on any atom is 0.0446 e. The van der Waals surface area contributed by atoms with E-state index in [-0.39, 0.29) is 6.61 Å². The first-order valence-electron chi connectivity index (χ1n) is 5.48. The van der Waals surface area contributed by atoms with Gasteiger partial charge in [0.1, 0.15) is 0 Å². The van der Waals surface area contributed by atoms with Crippen LogP contribution < -0.4 is 5.32 Å². The van der Waals surface area contributed by atoms with Crippen LogP contribution in [0.4, 0.5) is 0 Å². The van der Waals surface area contributed by atoms with Crippen LogP contribution in [-0.4, -0.2) is 42.3 Å². The molecule has 1 aliphatic heterocycles. The third-order valence-electron chi connectivity index (χ3n) is 2.87. The molecule has 1 unspecified atom stereocenters. The second kappa shape index (κ2) is 5.61. The summed E-state index contributed by atoms with van der Waals surface area (Å²) in [6.07, 6.45) is 0.873. The van der Waals surface area contributed by atoms with Gasteiger partial charge in [-0.15, -0.1) is 11.3 Å². The number of nitrogens with one attached hydrogen (secondary N) is 1. The highest BCUT2D eigenvalue weighted by atomic mass is 32.1. The molecule has 1 aromatic rings. The summed E-state index contributed by atoms with van der Waals surface area (Å²) in [6, 6.07) is 4.78. The van der Waals surface area contributed by atoms with E-state index in [1.54, 1.807) is 0 Å². The fourth-order valence-electron chi connectivity index (χ4n) is 2.05. The highest BCUT2D eigenvalue weighted by Crippen LogP contribution is 2.16. The van der Waals surface area contributed by atoms with Crippen molar-refractivity contribution >= 4 is 11.3 Å². The van der Waals surface area contributed by atoms with Crippen LogP contribution in [0.3, 0.4) is 0 Å². The van der Waals surface area contributed by atoms with Gasteiger partial charge in [0.05, 0.1) is 0 Å². The van der Waals surface area contributed by atoms with Crippen LogP contribution in [-0.2, 0) is 6.54 Å². The first-order chi connectivity index (χ1) is 7.40. The molecule has 2 heterocycles. The number of hydrogen-bond acceptors (Lipinski definition) is 4. The van der Waals surface area contributed by atoms with Crippen LogP contribution in [0.1, 0.15) is 11.3 Å². The third-order valence-corrected chi connectivity index (χ3v) is 3.73. The Morgan fingerprint density at radius 2 is 2.53 bits per heavy atom. The maximum atomic E-state index is 9.01. The molecule has 2 rings (SSSR count). The Hall–Kier alpha value is -0.420. The third kappa shape index (κ3) is 3.01. The normalized spacial score (nSPS) is 23.1. The van der Waals surface area contributed by atoms with Gasteiger partial charge in [-0.05, 0) is 17.9 Å². The first kappa shape index (κ1) is 11.1. The van der Waals surface area contributed by atoms with E-state index in [4.69, 9.17) is 5.11 Å². The van der Waals surface area contributed by atoms with Gasteiger partial charge in [-0.3, -0.25) is 4.90 Å². The van der Waals surface area contributed by atoms with Crippen LogP contribution in [0.2, 0.25) is 0 Å². The predicted molar refractivity (Wildman–Crippen MR) is 63.1 cm³/mol. The Morgan fingerprint density at radius 1 is 1.60 bits per heavy atom. The average Bonchev–Trinajstić information content (AvgIpc) is 2.74. The molecule has 84 valence electrons. The van der Waals surface area contributed by atoms with Crippen LogP contribution in [0.5, 0.6) is 0 Å². The fraction of sp³-hybridized carbons (Fsp3) is 0.636. The molecule has 1 aromatic heterocycles. The van der Waals surface area contributed by atoms with E-state index in [2.05, 4.69) is 27.7 Å². The molecule has 0 aliphatic carbocycles. The molecule has 4 heteroatoms. The molecule has 1 aliphatic rings. The summed E-state index contributed by atoms with van der Waals surface area (Å²) in [7, 11) is 0. The molecule has 3 nitrogen and oxygen atoms in total. The molecule has 0 radical (unpaired) electrons. The summed E-state index contributed by atoms with van der Waals surface area (Å²) in [5, 5.41) is 14.5. The summed E-state index contributed by atoms with van der Waals surface area (Å²) in [6.45, 7) is 4.47. The average molecular weight is 226 g/mol. The van der Waals surface area contributed by atoms with Crippen molar-refractivity contribution in [2.45, 2.75) is 19.0 Å². The zero-order chi connectivity index (χ0) is 10.5. The van der Waals surface area contributed by atoms with Gasteiger partial charge in [-0.2, -0.15) is 0 Å². The van der Waals surface area contributed by atoms with Crippen LogP contribution in [0, 0.1) is 0 Å². The molecule has 2 N–H and O–H groups in total. The standard InChI is InChI=1S/C11H18N2OS/c14-6-3-10-8-12-4-5-13(10)9-11-2-1-7-15-11/h1-2,7,10,12,14H,3-6,8-9H2. The minimum absolute atomic E-state index is 0.285. The second-order valence-electron chi connectivity index (χ2n) is 3.92. The van der Waals surface area contributed by atoms with E-state index < -0.39 is 0 Å². The topological polar surface area (TPSA) is 35.5 Å². The number of aliphatic hydroxyl groups excluding tert-OH is 1. The number of hydrogen-bond donors (Lipinski definition) is 2.